The zero-order valence-corrected chi connectivity index (χ0v) is 60.0. The largest absolute Gasteiger partial charge is 0.494 e. The molecule has 7 aromatic carbocycles. The van der Waals surface area contributed by atoms with Gasteiger partial charge in [0.2, 0.25) is 0 Å². The number of hydrogen-bond acceptors (Lipinski definition) is 13. The normalized spacial score (nSPS) is 15.3. The van der Waals surface area contributed by atoms with Gasteiger partial charge in [0.1, 0.15) is 54.3 Å². The molecule has 0 radical (unpaired) electrons. The summed E-state index contributed by atoms with van der Waals surface area (Å²) in [6, 6.07) is 46.6. The third-order valence-corrected chi connectivity index (χ3v) is 18.8. The number of amides is 3. The number of fused-ring (bicyclic) bond motifs is 9. The number of carbonyl (C=O) groups excluding carboxylic acids is 3. The molecular weight excluding hydrogens is 1390 g/mol. The lowest BCUT2D eigenvalue weighted by atomic mass is 9.92. The second-order valence-electron chi connectivity index (χ2n) is 23.9. The van der Waals surface area contributed by atoms with Crippen molar-refractivity contribution in [1.82, 2.24) is 29.7 Å². The van der Waals surface area contributed by atoms with Crippen molar-refractivity contribution in [3.8, 4) is 23.0 Å². The number of ether oxygens (including phenoxy) is 10. The van der Waals surface area contributed by atoms with Crippen LogP contribution < -0.4 is 18.9 Å². The average Bonchev–Trinajstić information content (AvgIpc) is 1.65. The number of unbranched alkanes of at least 4 members (excludes halogenated alkanes) is 1. The summed E-state index contributed by atoms with van der Waals surface area (Å²) in [5, 5.41) is 5.88. The molecule has 3 aromatic heterocycles. The SMILES string of the molecule is C=COC(=O)N1CCc2c([nH]c3ccc(Cl)cc23)C1c1ccc(OCCOCCOC)cc1.COCCOCCOc1ccc(C2c3[nH]c4ccc(Cl)cc4c3CCN2C(=O)OC)cc1.O=C(Oc1ccc(Cl)cc1)N1CCc2c([nH]c3ccc(Cl)cc23)C1c1ccc(OCCCCCl)cc1. The highest BCUT2D eigenvalue weighted by Gasteiger charge is 2.39. The summed E-state index contributed by atoms with van der Waals surface area (Å²) in [5.41, 5.74) is 12.3. The van der Waals surface area contributed by atoms with Crippen LogP contribution in [0.2, 0.25) is 20.1 Å². The van der Waals surface area contributed by atoms with E-state index in [1.807, 2.05) is 127 Å². The van der Waals surface area contributed by atoms with Crippen LogP contribution in [0.5, 0.6) is 23.0 Å². The highest BCUT2D eigenvalue weighted by Crippen LogP contribution is 2.44. The van der Waals surface area contributed by atoms with Gasteiger partial charge in [-0.25, -0.2) is 14.4 Å². The van der Waals surface area contributed by atoms with Crippen LogP contribution in [-0.2, 0) is 47.7 Å². The lowest BCUT2D eigenvalue weighted by Gasteiger charge is -2.35. The summed E-state index contributed by atoms with van der Waals surface area (Å²) >= 11 is 30.5. The van der Waals surface area contributed by atoms with E-state index in [0.29, 0.717) is 124 Å². The number of aromatic nitrogens is 3. The molecule has 6 heterocycles. The highest BCUT2D eigenvalue weighted by molar-refractivity contribution is 6.32. The van der Waals surface area contributed by atoms with Crippen molar-refractivity contribution in [2.24, 2.45) is 0 Å². The number of halogens is 5. The Kier molecular flexibility index (Phi) is 26.1. The minimum Gasteiger partial charge on any atom is -0.494 e. The number of aromatic amines is 3. The van der Waals surface area contributed by atoms with Gasteiger partial charge >= 0.3 is 18.3 Å². The van der Waals surface area contributed by atoms with Crippen molar-refractivity contribution < 1.29 is 61.8 Å². The summed E-state index contributed by atoms with van der Waals surface area (Å²) < 4.78 is 54.0. The number of carbonyl (C=O) groups is 3. The molecule has 19 nitrogen and oxygen atoms in total. The second-order valence-corrected chi connectivity index (χ2v) is 26.0. The monoisotopic (exact) mass is 1470 g/mol. The van der Waals surface area contributed by atoms with Gasteiger partial charge in [-0.1, -0.05) is 89.4 Å². The molecule has 0 fully saturated rings. The predicted octanol–water partition coefficient (Wildman–Crippen LogP) is 17.7. The van der Waals surface area contributed by atoms with Crippen LogP contribution >= 0.6 is 58.0 Å². The van der Waals surface area contributed by atoms with Crippen molar-refractivity contribution in [3.05, 3.63) is 235 Å². The van der Waals surface area contributed by atoms with Crippen LogP contribution in [0.4, 0.5) is 14.4 Å². The fraction of sp³-hybridized carbons (Fsp3) is 0.312. The molecule has 3 aliphatic heterocycles. The van der Waals surface area contributed by atoms with E-state index in [0.717, 1.165) is 120 Å². The van der Waals surface area contributed by atoms with Gasteiger partial charge in [0.05, 0.1) is 59.6 Å². The first-order valence-corrected chi connectivity index (χ1v) is 35.3. The Morgan fingerprint density at radius 3 is 1.17 bits per heavy atom. The molecule has 101 heavy (non-hydrogen) atoms. The summed E-state index contributed by atoms with van der Waals surface area (Å²) in [7, 11) is 4.69. The summed E-state index contributed by atoms with van der Waals surface area (Å²) in [5.74, 6) is 3.33. The molecule has 0 saturated heterocycles. The maximum absolute atomic E-state index is 13.4. The average molecular weight is 1470 g/mol. The van der Waals surface area contributed by atoms with Gasteiger partial charge in [0, 0.05) is 110 Å². The van der Waals surface area contributed by atoms with E-state index in [1.54, 1.807) is 53.2 Å². The van der Waals surface area contributed by atoms with E-state index in [-0.39, 0.29) is 24.2 Å². The number of nitrogens with one attached hydrogen (secondary N) is 3. The van der Waals surface area contributed by atoms with Gasteiger partial charge in [-0.3, -0.25) is 14.7 Å². The minimum atomic E-state index is -0.439. The Balaban J connectivity index is 0.000000153. The predicted molar refractivity (Wildman–Crippen MR) is 394 cm³/mol. The zero-order valence-electron chi connectivity index (χ0n) is 56.2. The second kappa shape index (κ2) is 35.8. The summed E-state index contributed by atoms with van der Waals surface area (Å²) in [6.07, 6.45) is 3.87. The minimum absolute atomic E-state index is 0.288. The fourth-order valence-electron chi connectivity index (χ4n) is 12.9. The number of alkyl halides is 1. The van der Waals surface area contributed by atoms with Crippen LogP contribution in [0.25, 0.3) is 32.7 Å². The Bertz CT molecular complexity index is 4420. The van der Waals surface area contributed by atoms with Crippen LogP contribution in [-0.4, -0.2) is 154 Å². The van der Waals surface area contributed by atoms with Crippen molar-refractivity contribution in [3.63, 3.8) is 0 Å². The van der Waals surface area contributed by atoms with E-state index < -0.39 is 12.2 Å². The van der Waals surface area contributed by atoms with Gasteiger partial charge < -0.3 is 62.3 Å². The lowest BCUT2D eigenvalue weighted by Crippen LogP contribution is -2.42. The molecule has 530 valence electrons. The maximum Gasteiger partial charge on any atom is 0.416 e. The molecular formula is C77H79Cl5N6O13. The highest BCUT2D eigenvalue weighted by atomic mass is 35.5. The number of methoxy groups -OCH3 is 3. The molecule has 0 spiro atoms. The van der Waals surface area contributed by atoms with E-state index in [9.17, 15) is 14.4 Å². The molecule has 0 saturated carbocycles. The van der Waals surface area contributed by atoms with Crippen LogP contribution in [0.15, 0.2) is 165 Å². The third kappa shape index (κ3) is 18.2. The van der Waals surface area contributed by atoms with E-state index in [4.69, 9.17) is 105 Å². The molecule has 10 aromatic rings. The first-order chi connectivity index (χ1) is 49.3. The first-order valence-electron chi connectivity index (χ1n) is 33.2. The lowest BCUT2D eigenvalue weighted by molar-refractivity contribution is 0.0544. The standard InChI is InChI=1S/C28H25Cl3N2O3.C25H27ClN2O5.C24H27ClN2O5/c29-14-1-2-16-35-21-8-3-18(4-9-21)27-26-23(24-17-20(31)7-12-25(24)32-26)13-15-33(27)28(34)36-22-10-5-19(30)6-11-22;1-3-32-25(29)28-11-10-20-21-16-18(26)6-9-22(21)27-23(20)24(28)17-4-7-19(8-5-17)33-15-14-31-13-12-30-2;1-29-11-12-31-13-14-32-18-6-3-16(4-7-18)23-22-19(9-10-27(23)24(28)30-2)20-15-17(25)5-8-21(20)26-22/h3-12,17,27,32H,1-2,13-16H2;3-9,16,24,27H,1,10-15H2,2H3;3-8,15,23,26H,9-14H2,1-2H3. The van der Waals surface area contributed by atoms with Crippen LogP contribution in [0.3, 0.4) is 0 Å². The number of benzene rings is 7. The quantitative estimate of drug-likeness (QED) is 0.0293. The molecule has 3 amide bonds. The Labute approximate surface area is 611 Å². The molecule has 3 N–H and O–H groups in total. The van der Waals surface area contributed by atoms with E-state index in [1.165, 1.54) is 12.7 Å². The number of H-pyrrole nitrogens is 3. The van der Waals surface area contributed by atoms with Gasteiger partial charge in [-0.05, 0) is 181 Å². The maximum atomic E-state index is 13.4. The molecule has 3 unspecified atom stereocenters. The summed E-state index contributed by atoms with van der Waals surface area (Å²) in [6.45, 7) is 9.77. The molecule has 0 bridgehead atoms. The number of nitrogens with zero attached hydrogens (tertiary/aromatic N) is 3. The van der Waals surface area contributed by atoms with Crippen molar-refractivity contribution in [2.75, 3.05) is 106 Å². The van der Waals surface area contributed by atoms with Crippen molar-refractivity contribution in [1.29, 1.82) is 0 Å². The van der Waals surface area contributed by atoms with Crippen molar-refractivity contribution in [2.45, 2.75) is 50.2 Å². The molecule has 24 heteroatoms. The third-order valence-electron chi connectivity index (χ3n) is 17.6. The van der Waals surface area contributed by atoms with E-state index in [2.05, 4.69) is 21.5 Å². The van der Waals surface area contributed by atoms with Crippen molar-refractivity contribution >= 4 is 109 Å². The van der Waals surface area contributed by atoms with Gasteiger partial charge in [0.25, 0.3) is 0 Å². The van der Waals surface area contributed by atoms with Gasteiger partial charge in [0.15, 0.2) is 0 Å². The number of rotatable bonds is 24. The van der Waals surface area contributed by atoms with Gasteiger partial charge in [-0.15, -0.1) is 11.6 Å². The fourth-order valence-corrected chi connectivity index (χ4v) is 13.7. The zero-order chi connectivity index (χ0) is 70.8. The molecule has 3 atom stereocenters. The smallest absolute Gasteiger partial charge is 0.416 e. The van der Waals surface area contributed by atoms with Gasteiger partial charge in [-0.2, -0.15) is 0 Å². The first kappa shape index (κ1) is 73.6. The molecule has 0 aliphatic carbocycles. The Hall–Kier alpha value is -8.60. The Morgan fingerprint density at radius 1 is 0.436 bits per heavy atom. The van der Waals surface area contributed by atoms with Crippen LogP contribution in [0.1, 0.15) is 81.4 Å². The Morgan fingerprint density at radius 2 is 0.792 bits per heavy atom. The topological polar surface area (TPSA) is 201 Å². The van der Waals surface area contributed by atoms with Crippen LogP contribution in [0, 0.1) is 0 Å². The number of hydrogen-bond donors (Lipinski definition) is 3. The molecule has 3 aliphatic rings. The summed E-state index contributed by atoms with van der Waals surface area (Å²) in [4.78, 5) is 54.4. The van der Waals surface area contributed by atoms with E-state index >= 15 is 0 Å². The molecule has 13 rings (SSSR count).